The maximum absolute atomic E-state index is 11.5. The van der Waals surface area contributed by atoms with Crippen LogP contribution in [-0.2, 0) is 24.3 Å². The van der Waals surface area contributed by atoms with E-state index < -0.39 is 0 Å². The van der Waals surface area contributed by atoms with Crippen molar-refractivity contribution >= 4 is 17.3 Å². The summed E-state index contributed by atoms with van der Waals surface area (Å²) in [6.45, 7) is 3.16. The first-order valence-electron chi connectivity index (χ1n) is 8.37. The molecule has 122 valence electrons. The highest BCUT2D eigenvalue weighted by Crippen LogP contribution is 2.27. The summed E-state index contributed by atoms with van der Waals surface area (Å²) < 4.78 is 0. The predicted octanol–water partition coefficient (Wildman–Crippen LogP) is 3.14. The number of hydrogen-bond donors (Lipinski definition) is 1. The Morgan fingerprint density at radius 3 is 2.71 bits per heavy atom. The second-order valence-electron chi connectivity index (χ2n) is 6.41. The zero-order chi connectivity index (χ0) is 16.4. The number of aromatic nitrogens is 1. The monoisotopic (exact) mass is 319 g/mol. The lowest BCUT2D eigenvalue weighted by atomic mass is 10.0. The highest BCUT2D eigenvalue weighted by molar-refractivity contribution is 5.84. The van der Waals surface area contributed by atoms with Crippen molar-refractivity contribution in [2.75, 3.05) is 13.2 Å². The second kappa shape index (κ2) is 6.49. The molecule has 4 heteroatoms. The van der Waals surface area contributed by atoms with Crippen LogP contribution in [0.15, 0.2) is 54.6 Å². The van der Waals surface area contributed by atoms with Crippen LogP contribution < -0.4 is 0 Å². The molecular weight excluding hydrogens is 298 g/mol. The zero-order valence-electron chi connectivity index (χ0n) is 13.6. The molecule has 0 spiro atoms. The van der Waals surface area contributed by atoms with E-state index in [1.54, 1.807) is 0 Å². The Morgan fingerprint density at radius 1 is 1.08 bits per heavy atom. The van der Waals surface area contributed by atoms with E-state index in [4.69, 9.17) is 0 Å². The van der Waals surface area contributed by atoms with E-state index in [0.29, 0.717) is 13.2 Å². The fraction of sp³-hybridized carbons (Fsp3) is 0.250. The molecule has 0 radical (unpaired) electrons. The largest absolute Gasteiger partial charge is 0.357 e. The van der Waals surface area contributed by atoms with Gasteiger partial charge >= 0.3 is 0 Å². The molecule has 4 rings (SSSR count). The van der Waals surface area contributed by atoms with Crippen molar-refractivity contribution in [2.24, 2.45) is 0 Å². The van der Waals surface area contributed by atoms with E-state index in [0.717, 1.165) is 31.5 Å². The number of H-pyrrole nitrogens is 1. The van der Waals surface area contributed by atoms with Crippen LogP contribution in [0.1, 0.15) is 16.8 Å². The van der Waals surface area contributed by atoms with Crippen LogP contribution in [0.4, 0.5) is 0 Å². The number of benzene rings is 2. The van der Waals surface area contributed by atoms with E-state index in [2.05, 4.69) is 46.3 Å². The summed E-state index contributed by atoms with van der Waals surface area (Å²) >= 11 is 0. The van der Waals surface area contributed by atoms with Crippen molar-refractivity contribution in [3.05, 3.63) is 71.4 Å². The number of nitrogens with one attached hydrogen (secondary N) is 1. The van der Waals surface area contributed by atoms with Gasteiger partial charge in [0, 0.05) is 36.2 Å². The number of carbonyl (C=O) groups excluding carboxylic acids is 1. The smallest absolute Gasteiger partial charge is 0.211 e. The summed E-state index contributed by atoms with van der Waals surface area (Å²) in [7, 11) is 0. The highest BCUT2D eigenvalue weighted by Gasteiger charge is 2.21. The van der Waals surface area contributed by atoms with Gasteiger partial charge in [-0.1, -0.05) is 48.5 Å². The topological polar surface area (TPSA) is 39.3 Å². The number of carbonyl (C=O) groups is 1. The van der Waals surface area contributed by atoms with Gasteiger partial charge in [-0.05, 0) is 23.6 Å². The summed E-state index contributed by atoms with van der Waals surface area (Å²) in [4.78, 5) is 19.2. The molecule has 1 aromatic heterocycles. The fourth-order valence-corrected chi connectivity index (χ4v) is 3.57. The van der Waals surface area contributed by atoms with Gasteiger partial charge in [0.05, 0.1) is 6.67 Å². The van der Waals surface area contributed by atoms with Gasteiger partial charge in [-0.3, -0.25) is 9.69 Å². The molecule has 0 atom stereocenters. The Labute approximate surface area is 141 Å². The minimum atomic E-state index is 0.653. The minimum absolute atomic E-state index is 0.653. The lowest BCUT2D eigenvalue weighted by Crippen LogP contribution is -2.39. The predicted molar refractivity (Wildman–Crippen MR) is 95.3 cm³/mol. The van der Waals surface area contributed by atoms with Gasteiger partial charge in [0.25, 0.3) is 0 Å². The molecule has 3 aromatic rings. The molecule has 1 aliphatic heterocycles. The Balaban J connectivity index is 1.47. The summed E-state index contributed by atoms with van der Waals surface area (Å²) in [6, 6.07) is 18.6. The van der Waals surface area contributed by atoms with Gasteiger partial charge in [-0.2, -0.15) is 0 Å². The Bertz CT molecular complexity index is 840. The number of fused-ring (bicyclic) bond motifs is 3. The molecule has 0 fully saturated rings. The van der Waals surface area contributed by atoms with Gasteiger partial charge in [0.15, 0.2) is 0 Å². The van der Waals surface area contributed by atoms with Gasteiger partial charge in [0.1, 0.15) is 0 Å². The van der Waals surface area contributed by atoms with E-state index in [1.807, 2.05) is 23.1 Å². The highest BCUT2D eigenvalue weighted by atomic mass is 16.1. The SMILES string of the molecule is O=CN(Cc1ccccc1)CN1CCc2c([nH]c3ccccc23)C1. The average Bonchev–Trinajstić information content (AvgIpc) is 2.99. The lowest BCUT2D eigenvalue weighted by molar-refractivity contribution is -0.121. The van der Waals surface area contributed by atoms with E-state index >= 15 is 0 Å². The average molecular weight is 319 g/mol. The fourth-order valence-electron chi connectivity index (χ4n) is 3.57. The molecule has 2 aromatic carbocycles. The molecule has 0 saturated heterocycles. The molecule has 0 aliphatic carbocycles. The number of para-hydroxylation sites is 1. The summed E-state index contributed by atoms with van der Waals surface area (Å²) in [5, 5.41) is 1.34. The molecule has 1 amide bonds. The molecule has 4 nitrogen and oxygen atoms in total. The van der Waals surface area contributed by atoms with Crippen LogP contribution in [0, 0.1) is 0 Å². The zero-order valence-corrected chi connectivity index (χ0v) is 13.6. The third kappa shape index (κ3) is 2.93. The quantitative estimate of drug-likeness (QED) is 0.734. The summed E-state index contributed by atoms with van der Waals surface area (Å²) in [6.07, 6.45) is 1.98. The van der Waals surface area contributed by atoms with Crippen LogP contribution in [0.3, 0.4) is 0 Å². The maximum atomic E-state index is 11.5. The summed E-state index contributed by atoms with van der Waals surface area (Å²) in [5.74, 6) is 0. The summed E-state index contributed by atoms with van der Waals surface area (Å²) in [5.41, 5.74) is 5.09. The van der Waals surface area contributed by atoms with Crippen molar-refractivity contribution < 1.29 is 4.79 Å². The van der Waals surface area contributed by atoms with Gasteiger partial charge in [-0.15, -0.1) is 0 Å². The van der Waals surface area contributed by atoms with Crippen molar-refractivity contribution in [1.29, 1.82) is 0 Å². The van der Waals surface area contributed by atoms with E-state index in [9.17, 15) is 4.79 Å². The molecule has 24 heavy (non-hydrogen) atoms. The first-order chi connectivity index (χ1) is 11.8. The van der Waals surface area contributed by atoms with Crippen LogP contribution in [0.25, 0.3) is 10.9 Å². The number of hydrogen-bond acceptors (Lipinski definition) is 2. The Kier molecular flexibility index (Phi) is 4.05. The third-order valence-corrected chi connectivity index (χ3v) is 4.72. The third-order valence-electron chi connectivity index (χ3n) is 4.72. The van der Waals surface area contributed by atoms with Crippen LogP contribution in [-0.4, -0.2) is 34.4 Å². The molecule has 1 N–H and O–H groups in total. The van der Waals surface area contributed by atoms with Crippen molar-refractivity contribution in [1.82, 2.24) is 14.8 Å². The lowest BCUT2D eigenvalue weighted by Gasteiger charge is -2.31. The number of nitrogens with zero attached hydrogens (tertiary/aromatic N) is 2. The van der Waals surface area contributed by atoms with Gasteiger partial charge < -0.3 is 9.88 Å². The standard InChI is InChI=1S/C20H21N3O/c24-15-23(12-16-6-2-1-3-7-16)14-22-11-10-18-17-8-4-5-9-19(17)21-20(18)13-22/h1-9,15,21H,10-14H2. The van der Waals surface area contributed by atoms with Crippen LogP contribution in [0.5, 0.6) is 0 Å². The molecular formula is C20H21N3O. The van der Waals surface area contributed by atoms with Crippen molar-refractivity contribution in [3.8, 4) is 0 Å². The Morgan fingerprint density at radius 2 is 1.88 bits per heavy atom. The van der Waals surface area contributed by atoms with Gasteiger partial charge in [-0.25, -0.2) is 0 Å². The first-order valence-corrected chi connectivity index (χ1v) is 8.37. The van der Waals surface area contributed by atoms with Crippen molar-refractivity contribution in [3.63, 3.8) is 0 Å². The first kappa shape index (κ1) is 15.0. The van der Waals surface area contributed by atoms with E-state index in [-0.39, 0.29) is 0 Å². The molecule has 2 heterocycles. The second-order valence-corrected chi connectivity index (χ2v) is 6.41. The normalized spacial score (nSPS) is 14.5. The molecule has 1 aliphatic rings. The number of aromatic amines is 1. The maximum Gasteiger partial charge on any atom is 0.211 e. The Hall–Kier alpha value is -2.59. The van der Waals surface area contributed by atoms with Crippen molar-refractivity contribution in [2.45, 2.75) is 19.5 Å². The number of amides is 1. The molecule has 0 bridgehead atoms. The minimum Gasteiger partial charge on any atom is -0.357 e. The number of rotatable bonds is 5. The van der Waals surface area contributed by atoms with Gasteiger partial charge in [0.2, 0.25) is 6.41 Å². The molecule has 0 saturated carbocycles. The molecule has 0 unspecified atom stereocenters. The van der Waals surface area contributed by atoms with Crippen LogP contribution in [0.2, 0.25) is 0 Å². The van der Waals surface area contributed by atoms with E-state index in [1.165, 1.54) is 22.2 Å². The van der Waals surface area contributed by atoms with Crippen LogP contribution >= 0.6 is 0 Å².